The fourth-order valence-electron chi connectivity index (χ4n) is 4.30. The lowest BCUT2D eigenvalue weighted by Gasteiger charge is -2.20. The quantitative estimate of drug-likeness (QED) is 0.0430. The molecule has 40 heavy (non-hydrogen) atoms. The summed E-state index contributed by atoms with van der Waals surface area (Å²) in [7, 11) is 0. The van der Waals surface area contributed by atoms with Gasteiger partial charge in [0.15, 0.2) is 17.8 Å². The Morgan fingerprint density at radius 2 is 1.10 bits per heavy atom. The predicted molar refractivity (Wildman–Crippen MR) is 160 cm³/mol. The highest BCUT2D eigenvalue weighted by Crippen LogP contribution is 2.17. The number of hydrogen-bond acceptors (Lipinski definition) is 7. The third-order valence-electron chi connectivity index (χ3n) is 6.70. The molecule has 0 fully saturated rings. The van der Waals surface area contributed by atoms with Gasteiger partial charge in [0.2, 0.25) is 0 Å². The van der Waals surface area contributed by atoms with Crippen LogP contribution in [-0.2, 0) is 4.74 Å². The zero-order valence-corrected chi connectivity index (χ0v) is 24.0. The first kappa shape index (κ1) is 32.8. The minimum Gasteiger partial charge on any atom is -0.490 e. The number of rotatable bonds is 22. The fraction of sp³-hybridized carbons (Fsp3) is 0.548. The summed E-state index contributed by atoms with van der Waals surface area (Å²) in [5, 5.41) is 23.7. The third kappa shape index (κ3) is 13.6. The van der Waals surface area contributed by atoms with Crippen LogP contribution in [0, 0.1) is 0 Å². The minimum atomic E-state index is -0.351. The molecular weight excluding hydrogens is 508 g/mol. The Hall–Kier alpha value is -3.46. The summed E-state index contributed by atoms with van der Waals surface area (Å²) in [6, 6.07) is 13.9. The molecule has 1 atom stereocenters. The van der Waals surface area contributed by atoms with E-state index < -0.39 is 0 Å². The molecular formula is C31H48N4O5. The molecule has 0 radical (unpaired) electrons. The molecule has 222 valence electrons. The molecule has 0 spiro atoms. The fourth-order valence-corrected chi connectivity index (χ4v) is 4.30. The SMILES string of the molecule is CCCCCCCCCCCCCCOCC(COc1ccc(/C(N)=N/O)cc1)Oc1ccc(/C(N)=N/O)cc1. The van der Waals surface area contributed by atoms with Crippen LogP contribution in [0.3, 0.4) is 0 Å². The van der Waals surface area contributed by atoms with Gasteiger partial charge in [-0.25, -0.2) is 0 Å². The van der Waals surface area contributed by atoms with Gasteiger partial charge >= 0.3 is 0 Å². The number of nitrogens with two attached hydrogens (primary N) is 2. The number of nitrogens with zero attached hydrogens (tertiary/aromatic N) is 2. The Labute approximate surface area is 239 Å². The smallest absolute Gasteiger partial charge is 0.170 e. The van der Waals surface area contributed by atoms with Gasteiger partial charge in [0.1, 0.15) is 18.1 Å². The van der Waals surface area contributed by atoms with Gasteiger partial charge in [0.05, 0.1) is 6.61 Å². The van der Waals surface area contributed by atoms with Gasteiger partial charge in [0, 0.05) is 17.7 Å². The average Bonchev–Trinajstić information content (AvgIpc) is 2.99. The van der Waals surface area contributed by atoms with E-state index in [1.165, 1.54) is 70.6 Å². The zero-order valence-electron chi connectivity index (χ0n) is 24.0. The Morgan fingerprint density at radius 1 is 0.650 bits per heavy atom. The maximum Gasteiger partial charge on any atom is 0.170 e. The van der Waals surface area contributed by atoms with Gasteiger partial charge in [-0.3, -0.25) is 0 Å². The molecule has 1 unspecified atom stereocenters. The zero-order chi connectivity index (χ0) is 28.8. The second-order valence-electron chi connectivity index (χ2n) is 10.0. The topological polar surface area (TPSA) is 145 Å². The van der Waals surface area contributed by atoms with Crippen molar-refractivity contribution in [3.63, 3.8) is 0 Å². The van der Waals surface area contributed by atoms with Crippen molar-refractivity contribution < 1.29 is 24.6 Å². The van der Waals surface area contributed by atoms with Gasteiger partial charge in [0.25, 0.3) is 0 Å². The van der Waals surface area contributed by atoms with E-state index in [1.807, 2.05) is 0 Å². The standard InChI is InChI=1S/C31H48N4O5/c1-2-3-4-5-6-7-8-9-10-11-12-13-22-38-23-29(40-28-20-16-26(17-21-28)31(33)35-37)24-39-27-18-14-25(15-19-27)30(32)34-36/h14-21,29,36-37H,2-13,22-24H2,1H3,(H2,32,34)(H2,33,35). The number of ether oxygens (including phenoxy) is 3. The van der Waals surface area contributed by atoms with Crippen LogP contribution < -0.4 is 20.9 Å². The van der Waals surface area contributed by atoms with Crippen molar-refractivity contribution in [3.8, 4) is 11.5 Å². The first-order chi connectivity index (χ1) is 19.6. The normalized spacial score (nSPS) is 12.8. The van der Waals surface area contributed by atoms with Gasteiger partial charge in [-0.2, -0.15) is 0 Å². The molecule has 0 aliphatic heterocycles. The first-order valence-electron chi connectivity index (χ1n) is 14.6. The Bertz CT molecular complexity index is 980. The lowest BCUT2D eigenvalue weighted by atomic mass is 10.1. The third-order valence-corrected chi connectivity index (χ3v) is 6.70. The number of oxime groups is 2. The summed E-state index contributed by atoms with van der Waals surface area (Å²) in [6.45, 7) is 3.58. The van der Waals surface area contributed by atoms with E-state index >= 15 is 0 Å². The van der Waals surface area contributed by atoms with Crippen molar-refractivity contribution in [1.82, 2.24) is 0 Å². The summed E-state index contributed by atoms with van der Waals surface area (Å²) in [4.78, 5) is 0. The molecule has 6 N–H and O–H groups in total. The Morgan fingerprint density at radius 3 is 1.57 bits per heavy atom. The van der Waals surface area contributed by atoms with Crippen LogP contribution in [0.2, 0.25) is 0 Å². The van der Waals surface area contributed by atoms with Crippen LogP contribution in [0.4, 0.5) is 0 Å². The molecule has 0 aromatic heterocycles. The second kappa shape index (κ2) is 20.4. The maximum atomic E-state index is 8.87. The van der Waals surface area contributed by atoms with Crippen LogP contribution in [0.25, 0.3) is 0 Å². The maximum absolute atomic E-state index is 8.87. The Kier molecular flexibility index (Phi) is 16.7. The summed E-state index contributed by atoms with van der Waals surface area (Å²) < 4.78 is 18.0. The molecule has 0 saturated carbocycles. The highest BCUT2D eigenvalue weighted by atomic mass is 16.6. The number of amidine groups is 2. The van der Waals surface area contributed by atoms with Gasteiger partial charge < -0.3 is 36.1 Å². The van der Waals surface area contributed by atoms with Gasteiger partial charge in [-0.1, -0.05) is 87.9 Å². The lowest BCUT2D eigenvalue weighted by molar-refractivity contribution is 0.0244. The molecule has 0 heterocycles. The number of unbranched alkanes of at least 4 members (excludes halogenated alkanes) is 11. The first-order valence-corrected chi connectivity index (χ1v) is 14.6. The van der Waals surface area contributed by atoms with Crippen LogP contribution >= 0.6 is 0 Å². The minimum absolute atomic E-state index is 0.0347. The van der Waals surface area contributed by atoms with E-state index in [0.29, 0.717) is 35.8 Å². The molecule has 9 heteroatoms. The van der Waals surface area contributed by atoms with Gasteiger partial charge in [-0.05, 0) is 55.0 Å². The van der Waals surface area contributed by atoms with Crippen molar-refractivity contribution in [2.75, 3.05) is 19.8 Å². The number of benzene rings is 2. The molecule has 2 aromatic carbocycles. The summed E-state index contributed by atoms with van der Waals surface area (Å²) >= 11 is 0. The summed E-state index contributed by atoms with van der Waals surface area (Å²) in [6.07, 6.45) is 15.3. The van der Waals surface area contributed by atoms with E-state index in [4.69, 9.17) is 36.1 Å². The van der Waals surface area contributed by atoms with E-state index in [9.17, 15) is 0 Å². The van der Waals surface area contributed by atoms with E-state index in [-0.39, 0.29) is 24.4 Å². The van der Waals surface area contributed by atoms with Crippen LogP contribution in [0.5, 0.6) is 11.5 Å². The van der Waals surface area contributed by atoms with E-state index in [1.54, 1.807) is 48.5 Å². The molecule has 0 aliphatic rings. The predicted octanol–water partition coefficient (Wildman–Crippen LogP) is 6.42. The molecule has 0 saturated heterocycles. The second-order valence-corrected chi connectivity index (χ2v) is 10.0. The monoisotopic (exact) mass is 556 g/mol. The summed E-state index contributed by atoms with van der Waals surface area (Å²) in [5.74, 6) is 1.33. The van der Waals surface area contributed by atoms with Crippen molar-refractivity contribution in [3.05, 3.63) is 59.7 Å². The van der Waals surface area contributed by atoms with Crippen LogP contribution in [0.1, 0.15) is 95.1 Å². The highest BCUT2D eigenvalue weighted by Gasteiger charge is 2.14. The Balaban J connectivity index is 1.74. The van der Waals surface area contributed by atoms with Crippen LogP contribution in [-0.4, -0.2) is 48.0 Å². The van der Waals surface area contributed by atoms with Crippen molar-refractivity contribution in [1.29, 1.82) is 0 Å². The summed E-state index contributed by atoms with van der Waals surface area (Å²) in [5.41, 5.74) is 12.5. The largest absolute Gasteiger partial charge is 0.490 e. The lowest BCUT2D eigenvalue weighted by Crippen LogP contribution is -2.30. The van der Waals surface area contributed by atoms with E-state index in [2.05, 4.69) is 17.2 Å². The molecule has 2 aromatic rings. The van der Waals surface area contributed by atoms with Crippen LogP contribution in [0.15, 0.2) is 58.8 Å². The average molecular weight is 557 g/mol. The van der Waals surface area contributed by atoms with Crippen molar-refractivity contribution >= 4 is 11.7 Å². The van der Waals surface area contributed by atoms with Gasteiger partial charge in [-0.15, -0.1) is 0 Å². The molecule has 2 rings (SSSR count). The molecule has 0 bridgehead atoms. The highest BCUT2D eigenvalue weighted by molar-refractivity contribution is 5.97. The van der Waals surface area contributed by atoms with Crippen molar-refractivity contribution in [2.45, 2.75) is 90.1 Å². The van der Waals surface area contributed by atoms with Crippen molar-refractivity contribution in [2.24, 2.45) is 21.8 Å². The molecule has 0 aliphatic carbocycles. The molecule has 9 nitrogen and oxygen atoms in total. The number of hydrogen-bond donors (Lipinski definition) is 4. The van der Waals surface area contributed by atoms with E-state index in [0.717, 1.165) is 6.42 Å². The molecule has 0 amide bonds.